The molecule has 1 aromatic carbocycles. The first-order valence-corrected chi connectivity index (χ1v) is 8.56. The Bertz CT molecular complexity index is 661. The minimum absolute atomic E-state index is 0.0107. The third-order valence-electron chi connectivity index (χ3n) is 4.76. The number of carbonyl (C=O) groups excluding carboxylic acids is 2. The normalized spacial score (nSPS) is 20.3. The van der Waals surface area contributed by atoms with Crippen molar-refractivity contribution in [2.24, 2.45) is 5.92 Å². The van der Waals surface area contributed by atoms with Crippen molar-refractivity contribution >= 4 is 17.5 Å². The van der Waals surface area contributed by atoms with Crippen molar-refractivity contribution in [1.82, 2.24) is 4.90 Å². The second-order valence-electron chi connectivity index (χ2n) is 6.23. The molecule has 2 amide bonds. The summed E-state index contributed by atoms with van der Waals surface area (Å²) in [5.74, 6) is 0.976. The predicted molar refractivity (Wildman–Crippen MR) is 94.0 cm³/mol. The molecule has 0 unspecified atom stereocenters. The number of morpholine rings is 1. The van der Waals surface area contributed by atoms with Gasteiger partial charge < -0.3 is 28.7 Å². The van der Waals surface area contributed by atoms with Gasteiger partial charge in [-0.2, -0.15) is 0 Å². The molecule has 0 aliphatic carbocycles. The SMILES string of the molecule is COc1cc(N2C[C@@H](C(=O)N3CCOCC3)CC2=O)cc(OC)c1OC. The Morgan fingerprint density at radius 2 is 1.69 bits per heavy atom. The Hall–Kier alpha value is -2.48. The lowest BCUT2D eigenvalue weighted by atomic mass is 10.1. The molecule has 0 aromatic heterocycles. The van der Waals surface area contributed by atoms with E-state index in [1.807, 2.05) is 0 Å². The Kier molecular flexibility index (Phi) is 5.51. The number of amides is 2. The number of methoxy groups -OCH3 is 3. The van der Waals surface area contributed by atoms with Crippen molar-refractivity contribution in [2.75, 3.05) is 59.1 Å². The lowest BCUT2D eigenvalue weighted by Crippen LogP contribution is -2.44. The van der Waals surface area contributed by atoms with Crippen molar-refractivity contribution < 1.29 is 28.5 Å². The lowest BCUT2D eigenvalue weighted by Gasteiger charge is -2.29. The van der Waals surface area contributed by atoms with Crippen LogP contribution in [0.5, 0.6) is 17.2 Å². The van der Waals surface area contributed by atoms with Gasteiger partial charge in [0.15, 0.2) is 11.5 Å². The molecule has 2 aliphatic rings. The summed E-state index contributed by atoms with van der Waals surface area (Å²) in [6.07, 6.45) is 0.201. The lowest BCUT2D eigenvalue weighted by molar-refractivity contribution is -0.139. The van der Waals surface area contributed by atoms with E-state index in [-0.39, 0.29) is 24.2 Å². The van der Waals surface area contributed by atoms with Crippen molar-refractivity contribution in [3.8, 4) is 17.2 Å². The van der Waals surface area contributed by atoms with Gasteiger partial charge in [-0.05, 0) is 0 Å². The molecule has 26 heavy (non-hydrogen) atoms. The summed E-state index contributed by atoms with van der Waals surface area (Å²) in [5, 5.41) is 0. The Morgan fingerprint density at radius 3 is 2.23 bits per heavy atom. The van der Waals surface area contributed by atoms with Crippen LogP contribution in [0.1, 0.15) is 6.42 Å². The molecule has 0 N–H and O–H groups in total. The molecule has 142 valence electrons. The number of carbonyl (C=O) groups is 2. The zero-order valence-electron chi connectivity index (χ0n) is 15.3. The maximum absolute atomic E-state index is 12.7. The monoisotopic (exact) mass is 364 g/mol. The standard InChI is InChI=1S/C18H24N2O6/c1-23-14-9-13(10-15(24-2)17(14)25-3)20-11-12(8-16(20)21)18(22)19-4-6-26-7-5-19/h9-10,12H,4-8,11H2,1-3H3/t12-/m0/s1. The van der Waals surface area contributed by atoms with Crippen molar-refractivity contribution in [3.63, 3.8) is 0 Å². The molecule has 1 aromatic rings. The highest BCUT2D eigenvalue weighted by atomic mass is 16.5. The van der Waals surface area contributed by atoms with Crippen LogP contribution in [0.3, 0.4) is 0 Å². The first kappa shape index (κ1) is 18.3. The molecule has 2 saturated heterocycles. The summed E-state index contributed by atoms with van der Waals surface area (Å²) >= 11 is 0. The van der Waals surface area contributed by atoms with E-state index in [9.17, 15) is 9.59 Å². The van der Waals surface area contributed by atoms with E-state index in [4.69, 9.17) is 18.9 Å². The van der Waals surface area contributed by atoms with E-state index in [0.29, 0.717) is 55.8 Å². The summed E-state index contributed by atoms with van der Waals surface area (Å²) in [6, 6.07) is 3.45. The molecule has 2 heterocycles. The number of nitrogens with zero attached hydrogens (tertiary/aromatic N) is 2. The van der Waals surface area contributed by atoms with E-state index in [0.717, 1.165) is 0 Å². The molecule has 2 fully saturated rings. The van der Waals surface area contributed by atoms with Gasteiger partial charge in [-0.1, -0.05) is 0 Å². The highest BCUT2D eigenvalue weighted by Gasteiger charge is 2.38. The molecular formula is C18H24N2O6. The van der Waals surface area contributed by atoms with Crippen molar-refractivity contribution in [1.29, 1.82) is 0 Å². The first-order valence-electron chi connectivity index (χ1n) is 8.56. The van der Waals surface area contributed by atoms with Gasteiger partial charge in [-0.3, -0.25) is 9.59 Å². The number of rotatable bonds is 5. The van der Waals surface area contributed by atoms with E-state index in [1.54, 1.807) is 21.9 Å². The van der Waals surface area contributed by atoms with E-state index < -0.39 is 0 Å². The Morgan fingerprint density at radius 1 is 1.08 bits per heavy atom. The Labute approximate surface area is 152 Å². The molecule has 1 atom stereocenters. The summed E-state index contributed by atoms with van der Waals surface area (Å²) in [4.78, 5) is 28.6. The van der Waals surface area contributed by atoms with Gasteiger partial charge in [-0.25, -0.2) is 0 Å². The molecular weight excluding hydrogens is 340 g/mol. The minimum atomic E-state index is -0.348. The quantitative estimate of drug-likeness (QED) is 0.773. The van der Waals surface area contributed by atoms with E-state index in [2.05, 4.69) is 0 Å². The fraction of sp³-hybridized carbons (Fsp3) is 0.556. The second-order valence-corrected chi connectivity index (χ2v) is 6.23. The first-order chi connectivity index (χ1) is 12.6. The van der Waals surface area contributed by atoms with Gasteiger partial charge in [0.25, 0.3) is 0 Å². The molecule has 0 radical (unpaired) electrons. The van der Waals surface area contributed by atoms with Gasteiger partial charge >= 0.3 is 0 Å². The third-order valence-corrected chi connectivity index (χ3v) is 4.76. The zero-order valence-corrected chi connectivity index (χ0v) is 15.3. The molecule has 0 spiro atoms. The molecule has 2 aliphatic heterocycles. The van der Waals surface area contributed by atoms with Crippen LogP contribution in [-0.2, 0) is 14.3 Å². The highest BCUT2D eigenvalue weighted by molar-refractivity contribution is 6.00. The number of anilines is 1. The molecule has 3 rings (SSSR count). The summed E-state index contributed by atoms with van der Waals surface area (Å²) < 4.78 is 21.3. The van der Waals surface area contributed by atoms with Crippen LogP contribution in [0.15, 0.2) is 12.1 Å². The van der Waals surface area contributed by atoms with Gasteiger partial charge in [0.1, 0.15) is 0 Å². The summed E-state index contributed by atoms with van der Waals surface area (Å²) in [7, 11) is 4.58. The largest absolute Gasteiger partial charge is 0.493 e. The van der Waals surface area contributed by atoms with E-state index >= 15 is 0 Å². The smallest absolute Gasteiger partial charge is 0.228 e. The van der Waals surface area contributed by atoms with Gasteiger partial charge in [0, 0.05) is 38.2 Å². The van der Waals surface area contributed by atoms with Gasteiger partial charge in [0.05, 0.1) is 46.1 Å². The third kappa shape index (κ3) is 3.41. The maximum Gasteiger partial charge on any atom is 0.228 e. The van der Waals surface area contributed by atoms with Crippen LogP contribution in [-0.4, -0.2) is 70.9 Å². The van der Waals surface area contributed by atoms with Crippen molar-refractivity contribution in [3.05, 3.63) is 12.1 Å². The number of benzene rings is 1. The second kappa shape index (κ2) is 7.82. The van der Waals surface area contributed by atoms with Crippen LogP contribution in [0.25, 0.3) is 0 Å². The fourth-order valence-electron chi connectivity index (χ4n) is 3.39. The van der Waals surface area contributed by atoms with Crippen LogP contribution in [0.2, 0.25) is 0 Å². The average Bonchev–Trinajstić information content (AvgIpc) is 3.08. The van der Waals surface area contributed by atoms with Gasteiger partial charge in [0.2, 0.25) is 17.6 Å². The summed E-state index contributed by atoms with van der Waals surface area (Å²) in [5.41, 5.74) is 0.627. The molecule has 8 heteroatoms. The molecule has 0 bridgehead atoms. The number of hydrogen-bond acceptors (Lipinski definition) is 6. The number of hydrogen-bond donors (Lipinski definition) is 0. The van der Waals surface area contributed by atoms with Crippen molar-refractivity contribution in [2.45, 2.75) is 6.42 Å². The number of ether oxygens (including phenoxy) is 4. The molecule has 0 saturated carbocycles. The van der Waals surface area contributed by atoms with Crippen LogP contribution in [0, 0.1) is 5.92 Å². The zero-order chi connectivity index (χ0) is 18.7. The van der Waals surface area contributed by atoms with Crippen LogP contribution in [0.4, 0.5) is 5.69 Å². The van der Waals surface area contributed by atoms with Gasteiger partial charge in [-0.15, -0.1) is 0 Å². The fourth-order valence-corrected chi connectivity index (χ4v) is 3.39. The Balaban J connectivity index is 1.81. The maximum atomic E-state index is 12.7. The average molecular weight is 364 g/mol. The minimum Gasteiger partial charge on any atom is -0.493 e. The van der Waals surface area contributed by atoms with E-state index in [1.165, 1.54) is 21.3 Å². The molecule has 8 nitrogen and oxygen atoms in total. The topological polar surface area (TPSA) is 77.5 Å². The van der Waals surface area contributed by atoms with Crippen LogP contribution >= 0.6 is 0 Å². The summed E-state index contributed by atoms with van der Waals surface area (Å²) in [6.45, 7) is 2.58. The highest BCUT2D eigenvalue weighted by Crippen LogP contribution is 2.42. The predicted octanol–water partition coefficient (Wildman–Crippen LogP) is 0.924. The van der Waals surface area contributed by atoms with Crippen LogP contribution < -0.4 is 19.1 Å².